The maximum absolute atomic E-state index is 5.76. The minimum absolute atomic E-state index is 0.210. The number of nitrogens with one attached hydrogen (secondary N) is 1. The van der Waals surface area contributed by atoms with Crippen molar-refractivity contribution >= 4 is 17.7 Å². The van der Waals surface area contributed by atoms with Gasteiger partial charge >= 0.3 is 12.0 Å². The molecule has 0 bridgehead atoms. The maximum Gasteiger partial charge on any atom is 0.330 e. The first-order valence-corrected chi connectivity index (χ1v) is 7.86. The Morgan fingerprint density at radius 3 is 2.62 bits per heavy atom. The summed E-state index contributed by atoms with van der Waals surface area (Å²) < 4.78 is 11.2. The molecule has 2 rings (SSSR count). The fourth-order valence-corrected chi connectivity index (χ4v) is 2.08. The number of thioether (sulfide) groups is 1. The van der Waals surface area contributed by atoms with Crippen LogP contribution in [-0.4, -0.2) is 34.9 Å². The van der Waals surface area contributed by atoms with E-state index >= 15 is 0 Å². The summed E-state index contributed by atoms with van der Waals surface area (Å²) in [6, 6.07) is 8.19. The zero-order valence-corrected chi connectivity index (χ0v) is 13.1. The Kier molecular flexibility index (Phi) is 5.62. The van der Waals surface area contributed by atoms with Crippen molar-refractivity contribution in [3.63, 3.8) is 0 Å². The Bertz CT molecular complexity index is 595. The van der Waals surface area contributed by atoms with Crippen LogP contribution >= 0.6 is 11.8 Å². The first-order valence-electron chi connectivity index (χ1n) is 6.64. The molecule has 0 amide bonds. The molecule has 112 valence electrons. The highest BCUT2D eigenvalue weighted by atomic mass is 32.2. The topological polar surface area (TPSA) is 69.2 Å². The van der Waals surface area contributed by atoms with E-state index in [9.17, 15) is 0 Å². The van der Waals surface area contributed by atoms with E-state index in [0.717, 1.165) is 11.3 Å². The molecule has 0 unspecified atom stereocenters. The van der Waals surface area contributed by atoms with Crippen LogP contribution in [0.4, 0.5) is 5.95 Å². The average Bonchev–Trinajstić information content (AvgIpc) is 2.53. The third-order valence-electron chi connectivity index (χ3n) is 2.52. The quantitative estimate of drug-likeness (QED) is 0.788. The lowest BCUT2D eigenvalue weighted by molar-refractivity contribution is 0.285. The standard InChI is InChI=1S/C14H18N4O2S/c1-4-9-19-13-16-12(15-2)17-14(18-13)20-10-7-5-6-8-11(10)21-3/h5-8H,4,9H2,1-3H3,(H,15,16,17,18). The molecule has 0 aliphatic rings. The van der Waals surface area contributed by atoms with Gasteiger partial charge in [0.05, 0.1) is 6.61 Å². The Morgan fingerprint density at radius 2 is 1.90 bits per heavy atom. The van der Waals surface area contributed by atoms with Crippen LogP contribution in [0.5, 0.6) is 17.8 Å². The van der Waals surface area contributed by atoms with Crippen molar-refractivity contribution in [2.45, 2.75) is 18.2 Å². The molecule has 6 nitrogen and oxygen atoms in total. The molecule has 0 fully saturated rings. The molecule has 1 aromatic heterocycles. The van der Waals surface area contributed by atoms with Crippen molar-refractivity contribution in [2.75, 3.05) is 25.2 Å². The molecule has 1 heterocycles. The van der Waals surface area contributed by atoms with Gasteiger partial charge in [0.15, 0.2) is 0 Å². The van der Waals surface area contributed by atoms with Gasteiger partial charge < -0.3 is 14.8 Å². The van der Waals surface area contributed by atoms with Crippen LogP contribution in [0.25, 0.3) is 0 Å². The number of para-hydroxylation sites is 1. The maximum atomic E-state index is 5.76. The summed E-state index contributed by atoms with van der Waals surface area (Å²) in [4.78, 5) is 13.5. The van der Waals surface area contributed by atoms with Gasteiger partial charge in [-0.2, -0.15) is 9.97 Å². The van der Waals surface area contributed by atoms with E-state index in [-0.39, 0.29) is 12.0 Å². The van der Waals surface area contributed by atoms with Gasteiger partial charge in [0.25, 0.3) is 0 Å². The Hall–Kier alpha value is -2.02. The van der Waals surface area contributed by atoms with Crippen molar-refractivity contribution in [1.82, 2.24) is 15.0 Å². The Labute approximate surface area is 128 Å². The molecule has 0 saturated heterocycles. The molecule has 0 saturated carbocycles. The van der Waals surface area contributed by atoms with Gasteiger partial charge in [-0.15, -0.1) is 16.7 Å². The normalized spacial score (nSPS) is 10.2. The average molecular weight is 306 g/mol. The number of anilines is 1. The van der Waals surface area contributed by atoms with Gasteiger partial charge in [-0.1, -0.05) is 19.1 Å². The summed E-state index contributed by atoms with van der Waals surface area (Å²) in [6.45, 7) is 2.57. The second-order valence-corrected chi connectivity index (χ2v) is 4.92. The summed E-state index contributed by atoms with van der Waals surface area (Å²) in [5, 5.41) is 2.87. The molecule has 0 aliphatic heterocycles. The summed E-state index contributed by atoms with van der Waals surface area (Å²) in [5.41, 5.74) is 0. The molecule has 0 spiro atoms. The highest BCUT2D eigenvalue weighted by Gasteiger charge is 2.10. The van der Waals surface area contributed by atoms with Crippen molar-refractivity contribution in [3.8, 4) is 17.8 Å². The third kappa shape index (κ3) is 4.22. The van der Waals surface area contributed by atoms with Gasteiger partial charge in [0, 0.05) is 11.9 Å². The molecule has 2 aromatic rings. The van der Waals surface area contributed by atoms with Gasteiger partial charge in [-0.05, 0) is 24.8 Å². The highest BCUT2D eigenvalue weighted by Crippen LogP contribution is 2.30. The fourth-order valence-electron chi connectivity index (χ4n) is 1.55. The van der Waals surface area contributed by atoms with Gasteiger partial charge in [-0.25, -0.2) is 0 Å². The van der Waals surface area contributed by atoms with Crippen LogP contribution in [0.2, 0.25) is 0 Å². The Balaban J connectivity index is 2.25. The summed E-state index contributed by atoms with van der Waals surface area (Å²) in [6.07, 6.45) is 2.87. The lowest BCUT2D eigenvalue weighted by Crippen LogP contribution is -2.06. The monoisotopic (exact) mass is 306 g/mol. The number of aromatic nitrogens is 3. The fraction of sp³-hybridized carbons (Fsp3) is 0.357. The summed E-state index contributed by atoms with van der Waals surface area (Å²) in [5.74, 6) is 1.12. The molecule has 1 aromatic carbocycles. The zero-order valence-electron chi connectivity index (χ0n) is 12.3. The SMILES string of the molecule is CCCOc1nc(NC)nc(Oc2ccccc2SC)n1. The van der Waals surface area contributed by atoms with Crippen LogP contribution in [0.3, 0.4) is 0 Å². The van der Waals surface area contributed by atoms with Crippen LogP contribution in [-0.2, 0) is 0 Å². The Morgan fingerprint density at radius 1 is 1.14 bits per heavy atom. The minimum Gasteiger partial charge on any atom is -0.463 e. The molecular weight excluding hydrogens is 288 g/mol. The van der Waals surface area contributed by atoms with E-state index < -0.39 is 0 Å². The van der Waals surface area contributed by atoms with E-state index in [1.165, 1.54) is 0 Å². The van der Waals surface area contributed by atoms with Crippen molar-refractivity contribution in [1.29, 1.82) is 0 Å². The molecule has 7 heteroatoms. The minimum atomic E-state index is 0.210. The van der Waals surface area contributed by atoms with Crippen LogP contribution in [0, 0.1) is 0 Å². The molecule has 1 N–H and O–H groups in total. The summed E-state index contributed by atoms with van der Waals surface area (Å²) in [7, 11) is 1.73. The lowest BCUT2D eigenvalue weighted by Gasteiger charge is -2.10. The largest absolute Gasteiger partial charge is 0.463 e. The van der Waals surface area contributed by atoms with Crippen molar-refractivity contribution in [3.05, 3.63) is 24.3 Å². The first-order chi connectivity index (χ1) is 10.3. The molecule has 0 radical (unpaired) electrons. The third-order valence-corrected chi connectivity index (χ3v) is 3.30. The van der Waals surface area contributed by atoms with Crippen LogP contribution in [0.15, 0.2) is 29.2 Å². The van der Waals surface area contributed by atoms with Gasteiger partial charge in [0.1, 0.15) is 5.75 Å². The lowest BCUT2D eigenvalue weighted by atomic mass is 10.3. The van der Waals surface area contributed by atoms with Crippen molar-refractivity contribution < 1.29 is 9.47 Å². The number of benzene rings is 1. The van der Waals surface area contributed by atoms with E-state index in [2.05, 4.69) is 20.3 Å². The van der Waals surface area contributed by atoms with Crippen molar-refractivity contribution in [2.24, 2.45) is 0 Å². The number of ether oxygens (including phenoxy) is 2. The van der Waals surface area contributed by atoms with Gasteiger partial charge in [-0.3, -0.25) is 0 Å². The molecule has 21 heavy (non-hydrogen) atoms. The number of rotatable bonds is 7. The van der Waals surface area contributed by atoms with Crippen LogP contribution in [0.1, 0.15) is 13.3 Å². The smallest absolute Gasteiger partial charge is 0.330 e. The second kappa shape index (κ2) is 7.68. The molecule has 0 aliphatic carbocycles. The van der Waals surface area contributed by atoms with E-state index in [0.29, 0.717) is 18.3 Å². The van der Waals surface area contributed by atoms with Crippen LogP contribution < -0.4 is 14.8 Å². The molecular formula is C14H18N4O2S. The first kappa shape index (κ1) is 15.4. The van der Waals surface area contributed by atoms with E-state index in [1.807, 2.05) is 37.4 Å². The predicted octanol–water partition coefficient (Wildman–Crippen LogP) is 3.22. The highest BCUT2D eigenvalue weighted by molar-refractivity contribution is 7.98. The molecule has 0 atom stereocenters. The number of hydrogen-bond donors (Lipinski definition) is 1. The van der Waals surface area contributed by atoms with E-state index in [1.54, 1.807) is 18.8 Å². The number of nitrogens with zero attached hydrogens (tertiary/aromatic N) is 3. The predicted molar refractivity (Wildman–Crippen MR) is 83.5 cm³/mol. The second-order valence-electron chi connectivity index (χ2n) is 4.08. The van der Waals surface area contributed by atoms with E-state index in [4.69, 9.17) is 9.47 Å². The summed E-state index contributed by atoms with van der Waals surface area (Å²) >= 11 is 1.60. The number of hydrogen-bond acceptors (Lipinski definition) is 7. The van der Waals surface area contributed by atoms with Gasteiger partial charge in [0.2, 0.25) is 5.95 Å². The zero-order chi connectivity index (χ0) is 15.1.